The van der Waals surface area contributed by atoms with Crippen LogP contribution in [-0.2, 0) is 0 Å². The maximum Gasteiger partial charge on any atom is 0.316 e. The molecule has 7 heteroatoms. The third-order valence-electron chi connectivity index (χ3n) is 2.63. The molecule has 0 aromatic heterocycles. The highest BCUT2D eigenvalue weighted by Gasteiger charge is 2.21. The van der Waals surface area contributed by atoms with Gasteiger partial charge in [0.15, 0.2) is 0 Å². The Balaban J connectivity index is 2.99. The number of nitrogens with zero attached hydrogens (tertiary/aromatic N) is 1. The SMILES string of the molecule is CSC(C)(C)CNc1cccc(NN)c1[N+](=O)[O-]. The van der Waals surface area contributed by atoms with Crippen molar-refractivity contribution < 1.29 is 4.92 Å². The Hall–Kier alpha value is -1.47. The first kappa shape index (κ1) is 14.6. The number of nitrogens with two attached hydrogens (primary N) is 1. The van der Waals surface area contributed by atoms with Crippen LogP contribution in [0.2, 0.25) is 0 Å². The minimum absolute atomic E-state index is 0.0000164. The molecule has 100 valence electrons. The first-order valence-corrected chi connectivity index (χ1v) is 6.67. The number of nitrogens with one attached hydrogen (secondary N) is 2. The minimum Gasteiger partial charge on any atom is -0.378 e. The summed E-state index contributed by atoms with van der Waals surface area (Å²) >= 11 is 1.70. The summed E-state index contributed by atoms with van der Waals surface area (Å²) in [5.41, 5.74) is 3.08. The molecule has 0 saturated carbocycles. The van der Waals surface area contributed by atoms with Crippen LogP contribution in [0.1, 0.15) is 13.8 Å². The quantitative estimate of drug-likeness (QED) is 0.417. The Morgan fingerprint density at radius 1 is 1.44 bits per heavy atom. The summed E-state index contributed by atoms with van der Waals surface area (Å²) < 4.78 is 0.0000164. The van der Waals surface area contributed by atoms with E-state index in [2.05, 4.69) is 24.6 Å². The van der Waals surface area contributed by atoms with Gasteiger partial charge in [-0.2, -0.15) is 11.8 Å². The monoisotopic (exact) mass is 270 g/mol. The van der Waals surface area contributed by atoms with Crippen LogP contribution in [-0.4, -0.2) is 22.5 Å². The Morgan fingerprint density at radius 2 is 2.06 bits per heavy atom. The van der Waals surface area contributed by atoms with Gasteiger partial charge in [0.1, 0.15) is 11.4 Å². The van der Waals surface area contributed by atoms with Gasteiger partial charge in [-0.15, -0.1) is 0 Å². The standard InChI is InChI=1S/C11H18N4O2S/c1-11(2,18-3)7-13-8-5-4-6-9(14-12)10(8)15(16)17/h4-6,13-14H,7,12H2,1-3H3. The Bertz CT molecular complexity index is 437. The second-order valence-electron chi connectivity index (χ2n) is 4.42. The zero-order valence-electron chi connectivity index (χ0n) is 10.7. The molecular formula is C11H18N4O2S. The van der Waals surface area contributed by atoms with Crippen molar-refractivity contribution >= 4 is 28.8 Å². The van der Waals surface area contributed by atoms with Gasteiger partial charge in [0.05, 0.1) is 4.92 Å². The second-order valence-corrected chi connectivity index (χ2v) is 5.93. The molecule has 0 atom stereocenters. The molecule has 1 rings (SSSR count). The smallest absolute Gasteiger partial charge is 0.316 e. The number of hydrogen-bond acceptors (Lipinski definition) is 6. The van der Waals surface area contributed by atoms with Crippen molar-refractivity contribution in [2.75, 3.05) is 23.5 Å². The van der Waals surface area contributed by atoms with Gasteiger partial charge in [-0.1, -0.05) is 6.07 Å². The lowest BCUT2D eigenvalue weighted by Crippen LogP contribution is -2.26. The van der Waals surface area contributed by atoms with Crippen molar-refractivity contribution in [1.82, 2.24) is 0 Å². The number of nitrogen functional groups attached to an aromatic ring is 1. The number of hydrogen-bond donors (Lipinski definition) is 3. The second kappa shape index (κ2) is 5.92. The van der Waals surface area contributed by atoms with Gasteiger partial charge in [-0.25, -0.2) is 0 Å². The molecule has 0 saturated heterocycles. The van der Waals surface area contributed by atoms with E-state index in [0.29, 0.717) is 17.9 Å². The van der Waals surface area contributed by atoms with Crippen LogP contribution in [0.15, 0.2) is 18.2 Å². The minimum atomic E-state index is -0.441. The third-order valence-corrected chi connectivity index (χ3v) is 3.88. The zero-order chi connectivity index (χ0) is 13.8. The van der Waals surface area contributed by atoms with E-state index >= 15 is 0 Å². The first-order chi connectivity index (χ1) is 8.41. The molecule has 1 aromatic rings. The van der Waals surface area contributed by atoms with Gasteiger partial charge in [-0.05, 0) is 32.2 Å². The maximum absolute atomic E-state index is 11.1. The van der Waals surface area contributed by atoms with E-state index in [0.717, 1.165) is 0 Å². The Labute approximate surface area is 110 Å². The molecule has 18 heavy (non-hydrogen) atoms. The van der Waals surface area contributed by atoms with Gasteiger partial charge < -0.3 is 10.7 Å². The number of hydrazine groups is 1. The van der Waals surface area contributed by atoms with E-state index in [1.807, 2.05) is 6.26 Å². The third kappa shape index (κ3) is 3.51. The number of thioether (sulfide) groups is 1. The van der Waals surface area contributed by atoms with Gasteiger partial charge in [-0.3, -0.25) is 16.0 Å². The highest BCUT2D eigenvalue weighted by atomic mass is 32.2. The van der Waals surface area contributed by atoms with Crippen LogP contribution in [0, 0.1) is 10.1 Å². The number of benzene rings is 1. The average molecular weight is 270 g/mol. The van der Waals surface area contributed by atoms with Crippen LogP contribution >= 0.6 is 11.8 Å². The van der Waals surface area contributed by atoms with Crippen molar-refractivity contribution in [2.24, 2.45) is 5.84 Å². The topological polar surface area (TPSA) is 93.2 Å². The van der Waals surface area contributed by atoms with Gasteiger partial charge in [0.25, 0.3) is 0 Å². The molecule has 1 aromatic carbocycles. The molecule has 0 aliphatic rings. The first-order valence-electron chi connectivity index (χ1n) is 5.44. The fraction of sp³-hybridized carbons (Fsp3) is 0.455. The molecular weight excluding hydrogens is 252 g/mol. The largest absolute Gasteiger partial charge is 0.378 e. The van der Waals surface area contributed by atoms with Crippen LogP contribution in [0.3, 0.4) is 0 Å². The van der Waals surface area contributed by atoms with Crippen LogP contribution in [0.5, 0.6) is 0 Å². The summed E-state index contributed by atoms with van der Waals surface area (Å²) in [7, 11) is 0. The summed E-state index contributed by atoms with van der Waals surface area (Å²) in [6.07, 6.45) is 2.01. The Kier molecular flexibility index (Phi) is 4.80. The summed E-state index contributed by atoms with van der Waals surface area (Å²) in [6.45, 7) is 4.77. The molecule has 4 N–H and O–H groups in total. The van der Waals surface area contributed by atoms with E-state index < -0.39 is 4.92 Å². The molecule has 0 aliphatic carbocycles. The highest BCUT2D eigenvalue weighted by Crippen LogP contribution is 2.33. The molecule has 0 spiro atoms. The Morgan fingerprint density at radius 3 is 2.56 bits per heavy atom. The van der Waals surface area contributed by atoms with E-state index in [1.54, 1.807) is 30.0 Å². The van der Waals surface area contributed by atoms with Crippen molar-refractivity contribution in [3.63, 3.8) is 0 Å². The number of para-hydroxylation sites is 1. The van der Waals surface area contributed by atoms with Crippen LogP contribution < -0.4 is 16.6 Å². The molecule has 0 fully saturated rings. The molecule has 0 radical (unpaired) electrons. The number of nitro groups is 1. The summed E-state index contributed by atoms with van der Waals surface area (Å²) in [4.78, 5) is 10.6. The maximum atomic E-state index is 11.1. The summed E-state index contributed by atoms with van der Waals surface area (Å²) in [5.74, 6) is 5.28. The van der Waals surface area contributed by atoms with Crippen LogP contribution in [0.4, 0.5) is 17.1 Å². The van der Waals surface area contributed by atoms with E-state index in [9.17, 15) is 10.1 Å². The van der Waals surface area contributed by atoms with Crippen molar-refractivity contribution in [3.05, 3.63) is 28.3 Å². The lowest BCUT2D eigenvalue weighted by Gasteiger charge is -2.23. The molecule has 0 aliphatic heterocycles. The predicted molar refractivity (Wildman–Crippen MR) is 77.0 cm³/mol. The van der Waals surface area contributed by atoms with Gasteiger partial charge in [0.2, 0.25) is 0 Å². The summed E-state index contributed by atoms with van der Waals surface area (Å²) in [5, 5.41) is 14.2. The average Bonchev–Trinajstić information content (AvgIpc) is 2.35. The fourth-order valence-corrected chi connectivity index (χ4v) is 1.60. The lowest BCUT2D eigenvalue weighted by atomic mass is 10.2. The van der Waals surface area contributed by atoms with E-state index in [-0.39, 0.29) is 10.4 Å². The zero-order valence-corrected chi connectivity index (χ0v) is 11.5. The molecule has 0 unspecified atom stereocenters. The van der Waals surface area contributed by atoms with E-state index in [4.69, 9.17) is 5.84 Å². The molecule has 6 nitrogen and oxygen atoms in total. The normalized spacial score (nSPS) is 11.1. The van der Waals surface area contributed by atoms with Crippen molar-refractivity contribution in [3.8, 4) is 0 Å². The summed E-state index contributed by atoms with van der Waals surface area (Å²) in [6, 6.07) is 4.97. The van der Waals surface area contributed by atoms with Crippen LogP contribution in [0.25, 0.3) is 0 Å². The molecule has 0 bridgehead atoms. The van der Waals surface area contributed by atoms with Crippen molar-refractivity contribution in [1.29, 1.82) is 0 Å². The van der Waals surface area contributed by atoms with Gasteiger partial charge >= 0.3 is 5.69 Å². The van der Waals surface area contributed by atoms with E-state index in [1.165, 1.54) is 0 Å². The van der Waals surface area contributed by atoms with Crippen molar-refractivity contribution in [2.45, 2.75) is 18.6 Å². The number of anilines is 2. The molecule has 0 amide bonds. The number of nitro benzene ring substituents is 1. The predicted octanol–water partition coefficient (Wildman–Crippen LogP) is 2.43. The highest BCUT2D eigenvalue weighted by molar-refractivity contribution is 7.99. The lowest BCUT2D eigenvalue weighted by molar-refractivity contribution is -0.383. The molecule has 0 heterocycles. The van der Waals surface area contributed by atoms with Gasteiger partial charge in [0, 0.05) is 11.3 Å². The fourth-order valence-electron chi connectivity index (χ4n) is 1.38. The number of rotatable bonds is 6.